The number of nitro groups is 1. The summed E-state index contributed by atoms with van der Waals surface area (Å²) in [6.45, 7) is 1.06. The predicted molar refractivity (Wildman–Crippen MR) is 69.7 cm³/mol. The number of rotatable bonds is 6. The number of hydrogen-bond acceptors (Lipinski definition) is 5. The summed E-state index contributed by atoms with van der Waals surface area (Å²) >= 11 is 0. The second-order valence-electron chi connectivity index (χ2n) is 4.00. The molecule has 0 aliphatic heterocycles. The Kier molecular flexibility index (Phi) is 5.30. The van der Waals surface area contributed by atoms with Crippen LogP contribution in [0.25, 0.3) is 0 Å². The molecule has 0 atom stereocenters. The van der Waals surface area contributed by atoms with Gasteiger partial charge in [0.05, 0.1) is 10.7 Å². The van der Waals surface area contributed by atoms with Crippen molar-refractivity contribution in [2.75, 3.05) is 18.1 Å². The maximum atomic E-state index is 13.7. The molecule has 7 nitrogen and oxygen atoms in total. The number of carbonyl (C=O) groups excluding carboxylic acids is 1. The summed E-state index contributed by atoms with van der Waals surface area (Å²) in [7, 11) is -3.35. The van der Waals surface area contributed by atoms with E-state index in [-0.39, 0.29) is 12.3 Å². The van der Waals surface area contributed by atoms with Crippen LogP contribution in [-0.4, -0.2) is 37.3 Å². The second kappa shape index (κ2) is 6.57. The van der Waals surface area contributed by atoms with Gasteiger partial charge in [-0.1, -0.05) is 6.92 Å². The summed E-state index contributed by atoms with van der Waals surface area (Å²) in [6, 6.07) is 1.20. The number of nitrogens with one attached hydrogen (secondary N) is 1. The molecule has 10 heteroatoms. The van der Waals surface area contributed by atoms with E-state index < -0.39 is 49.3 Å². The van der Waals surface area contributed by atoms with Crippen LogP contribution in [0.2, 0.25) is 0 Å². The fourth-order valence-corrected chi connectivity index (χ4v) is 2.15. The molecule has 0 aliphatic rings. The molecule has 0 unspecified atom stereocenters. The average molecular weight is 322 g/mol. The first kappa shape index (κ1) is 17.0. The van der Waals surface area contributed by atoms with Gasteiger partial charge in [-0.15, -0.1) is 0 Å². The lowest BCUT2D eigenvalue weighted by Crippen LogP contribution is -2.31. The van der Waals surface area contributed by atoms with Crippen LogP contribution in [0.5, 0.6) is 0 Å². The van der Waals surface area contributed by atoms with Crippen LogP contribution >= 0.6 is 0 Å². The van der Waals surface area contributed by atoms with Gasteiger partial charge in [-0.3, -0.25) is 14.9 Å². The third kappa shape index (κ3) is 4.18. The van der Waals surface area contributed by atoms with E-state index >= 15 is 0 Å². The van der Waals surface area contributed by atoms with E-state index in [2.05, 4.69) is 0 Å². The van der Waals surface area contributed by atoms with Gasteiger partial charge in [0.15, 0.2) is 9.84 Å². The summed E-state index contributed by atoms with van der Waals surface area (Å²) in [5.41, 5.74) is -2.15. The van der Waals surface area contributed by atoms with Gasteiger partial charge in [-0.05, 0) is 6.07 Å². The maximum absolute atomic E-state index is 13.7. The van der Waals surface area contributed by atoms with E-state index in [1.54, 1.807) is 0 Å². The predicted octanol–water partition coefficient (Wildman–Crippen LogP) is 1.04. The molecule has 1 rings (SSSR count). The number of amides is 1. The molecular formula is C11H12F2N2O5S. The Morgan fingerprint density at radius 2 is 2.00 bits per heavy atom. The highest BCUT2D eigenvalue weighted by molar-refractivity contribution is 7.91. The van der Waals surface area contributed by atoms with Crippen LogP contribution in [0, 0.1) is 21.7 Å². The van der Waals surface area contributed by atoms with E-state index in [9.17, 15) is 32.1 Å². The molecule has 0 aliphatic carbocycles. The minimum absolute atomic E-state index is 0.137. The van der Waals surface area contributed by atoms with Crippen molar-refractivity contribution in [3.8, 4) is 0 Å². The van der Waals surface area contributed by atoms with E-state index in [1.165, 1.54) is 6.92 Å². The van der Waals surface area contributed by atoms with Crippen molar-refractivity contribution in [3.63, 3.8) is 0 Å². The molecule has 0 heterocycles. The Hall–Kier alpha value is -2.10. The molecule has 116 valence electrons. The summed E-state index contributed by atoms with van der Waals surface area (Å²) in [4.78, 5) is 21.1. The number of nitro benzene ring substituents is 1. The number of hydrogen-bond donors (Lipinski definition) is 1. The largest absolute Gasteiger partial charge is 0.351 e. The number of halogens is 2. The quantitative estimate of drug-likeness (QED) is 0.622. The van der Waals surface area contributed by atoms with Crippen molar-refractivity contribution in [2.45, 2.75) is 6.92 Å². The third-order valence-corrected chi connectivity index (χ3v) is 4.34. The number of benzene rings is 1. The SMILES string of the molecule is CCS(=O)(=O)CCNC(=O)c1c(F)ccc([N+](=O)[O-])c1F. The highest BCUT2D eigenvalue weighted by Crippen LogP contribution is 2.22. The maximum Gasteiger partial charge on any atom is 0.305 e. The second-order valence-corrected chi connectivity index (χ2v) is 6.48. The van der Waals surface area contributed by atoms with Crippen LogP contribution in [-0.2, 0) is 9.84 Å². The van der Waals surface area contributed by atoms with Gasteiger partial charge in [-0.2, -0.15) is 4.39 Å². The molecule has 1 aromatic rings. The fourth-order valence-electron chi connectivity index (χ4n) is 1.44. The van der Waals surface area contributed by atoms with Crippen LogP contribution in [0.3, 0.4) is 0 Å². The smallest absolute Gasteiger partial charge is 0.305 e. The van der Waals surface area contributed by atoms with E-state index in [4.69, 9.17) is 0 Å². The molecule has 1 N–H and O–H groups in total. The van der Waals surface area contributed by atoms with Crippen LogP contribution in [0.15, 0.2) is 12.1 Å². The van der Waals surface area contributed by atoms with Crippen molar-refractivity contribution < 1.29 is 26.9 Å². The molecule has 0 bridgehead atoms. The highest BCUT2D eigenvalue weighted by Gasteiger charge is 2.26. The molecule has 0 fully saturated rings. The van der Waals surface area contributed by atoms with E-state index in [1.807, 2.05) is 5.32 Å². The van der Waals surface area contributed by atoms with Crippen LogP contribution in [0.4, 0.5) is 14.5 Å². The topological polar surface area (TPSA) is 106 Å². The van der Waals surface area contributed by atoms with Gasteiger partial charge >= 0.3 is 5.69 Å². The Bertz CT molecular complexity index is 675. The molecule has 0 radical (unpaired) electrons. The Labute approximate surface area is 119 Å². The zero-order valence-corrected chi connectivity index (χ0v) is 11.7. The van der Waals surface area contributed by atoms with Gasteiger partial charge in [-0.25, -0.2) is 12.8 Å². The van der Waals surface area contributed by atoms with Crippen molar-refractivity contribution in [2.24, 2.45) is 0 Å². The average Bonchev–Trinajstić information content (AvgIpc) is 2.38. The lowest BCUT2D eigenvalue weighted by atomic mass is 10.1. The van der Waals surface area contributed by atoms with Crippen molar-refractivity contribution >= 4 is 21.4 Å². The minimum atomic E-state index is -3.35. The zero-order valence-electron chi connectivity index (χ0n) is 10.9. The first-order chi connectivity index (χ1) is 9.69. The van der Waals surface area contributed by atoms with E-state index in [0.29, 0.717) is 12.1 Å². The van der Waals surface area contributed by atoms with Crippen LogP contribution in [0.1, 0.15) is 17.3 Å². The van der Waals surface area contributed by atoms with Gasteiger partial charge in [0.1, 0.15) is 11.4 Å². The number of carbonyl (C=O) groups is 1. The van der Waals surface area contributed by atoms with Gasteiger partial charge in [0.25, 0.3) is 5.91 Å². The fraction of sp³-hybridized carbons (Fsp3) is 0.364. The van der Waals surface area contributed by atoms with Crippen molar-refractivity contribution in [1.29, 1.82) is 0 Å². The molecule has 0 spiro atoms. The third-order valence-electron chi connectivity index (χ3n) is 2.63. The van der Waals surface area contributed by atoms with Gasteiger partial charge in [0.2, 0.25) is 5.82 Å². The van der Waals surface area contributed by atoms with Gasteiger partial charge < -0.3 is 5.32 Å². The first-order valence-corrected chi connectivity index (χ1v) is 7.62. The molecule has 1 amide bonds. The summed E-state index contributed by atoms with van der Waals surface area (Å²) in [5, 5.41) is 12.5. The summed E-state index contributed by atoms with van der Waals surface area (Å²) < 4.78 is 49.5. The van der Waals surface area contributed by atoms with E-state index in [0.717, 1.165) is 0 Å². The minimum Gasteiger partial charge on any atom is -0.351 e. The molecular weight excluding hydrogens is 310 g/mol. The number of nitrogens with zero attached hydrogens (tertiary/aromatic N) is 1. The Morgan fingerprint density at radius 1 is 1.38 bits per heavy atom. The number of sulfone groups is 1. The molecule has 21 heavy (non-hydrogen) atoms. The summed E-state index contributed by atoms with van der Waals surface area (Å²) in [5.74, 6) is -4.65. The normalized spacial score (nSPS) is 11.2. The summed E-state index contributed by atoms with van der Waals surface area (Å²) in [6.07, 6.45) is 0. The van der Waals surface area contributed by atoms with Crippen LogP contribution < -0.4 is 5.32 Å². The van der Waals surface area contributed by atoms with Gasteiger partial charge in [0, 0.05) is 18.4 Å². The highest BCUT2D eigenvalue weighted by atomic mass is 32.2. The molecule has 0 saturated carbocycles. The molecule has 0 aromatic heterocycles. The Balaban J connectivity index is 2.93. The first-order valence-electron chi connectivity index (χ1n) is 5.80. The Morgan fingerprint density at radius 3 is 2.52 bits per heavy atom. The molecule has 0 saturated heterocycles. The zero-order chi connectivity index (χ0) is 16.2. The van der Waals surface area contributed by atoms with Crippen molar-refractivity contribution in [3.05, 3.63) is 39.4 Å². The lowest BCUT2D eigenvalue weighted by molar-refractivity contribution is -0.387. The monoisotopic (exact) mass is 322 g/mol. The lowest BCUT2D eigenvalue weighted by Gasteiger charge is -2.07. The van der Waals surface area contributed by atoms with Crippen molar-refractivity contribution in [1.82, 2.24) is 5.32 Å². The molecule has 1 aromatic carbocycles. The standard InChI is InChI=1S/C11H12F2N2O5S/c1-2-21(19,20)6-5-14-11(16)9-7(12)3-4-8(10(9)13)15(17)18/h3-4H,2,5-6H2,1H3,(H,14,16).